The second-order valence-corrected chi connectivity index (χ2v) is 9.70. The highest BCUT2D eigenvalue weighted by Crippen LogP contribution is 2.37. The monoisotopic (exact) mass is 420 g/mol. The highest BCUT2D eigenvalue weighted by atomic mass is 16.7. The number of rotatable bonds is 4. The molecule has 0 unspecified atom stereocenters. The Bertz CT molecular complexity index is 828. The number of carbonyl (C=O) groups excluding carboxylic acids is 1. The van der Waals surface area contributed by atoms with Crippen LogP contribution in [0.5, 0.6) is 5.75 Å². The van der Waals surface area contributed by atoms with Gasteiger partial charge in [-0.1, -0.05) is 6.07 Å². The normalized spacial score (nSPS) is 20.6. The van der Waals surface area contributed by atoms with Crippen molar-refractivity contribution in [1.29, 1.82) is 0 Å². The molecule has 0 bridgehead atoms. The molecular formula is C20H29BN2O7. The number of hydrogen-bond acceptors (Lipinski definition) is 7. The van der Waals surface area contributed by atoms with Crippen LogP contribution in [0.25, 0.3) is 0 Å². The van der Waals surface area contributed by atoms with Gasteiger partial charge in [-0.2, -0.15) is 0 Å². The Kier molecular flexibility index (Phi) is 5.53. The quantitative estimate of drug-likeness (QED) is 0.420. The number of nitro groups is 1. The summed E-state index contributed by atoms with van der Waals surface area (Å²) in [6, 6.07) is 4.67. The van der Waals surface area contributed by atoms with Gasteiger partial charge < -0.3 is 23.7 Å². The molecule has 2 heterocycles. The van der Waals surface area contributed by atoms with Crippen LogP contribution in [0.15, 0.2) is 18.2 Å². The first-order valence-electron chi connectivity index (χ1n) is 9.97. The average molecular weight is 420 g/mol. The van der Waals surface area contributed by atoms with Crippen molar-refractivity contribution >= 4 is 24.4 Å². The Balaban J connectivity index is 1.68. The standard InChI is InChI=1S/C20H29BN2O7/c1-18(2,3)28-17(24)22-11-14(12-22)27-16-9-8-13(10-15(16)23(25)26)21-29-19(4,5)20(6,7)30-21/h8-10,14H,11-12H2,1-7H3. The lowest BCUT2D eigenvalue weighted by atomic mass is 9.79. The summed E-state index contributed by atoms with van der Waals surface area (Å²) in [6.07, 6.45) is -0.758. The van der Waals surface area contributed by atoms with Crippen molar-refractivity contribution in [1.82, 2.24) is 4.90 Å². The molecule has 2 aliphatic rings. The number of hydrogen-bond donors (Lipinski definition) is 0. The van der Waals surface area contributed by atoms with Gasteiger partial charge in [0.15, 0.2) is 5.75 Å². The van der Waals surface area contributed by atoms with Gasteiger partial charge in [-0.15, -0.1) is 0 Å². The number of likely N-dealkylation sites (tertiary alicyclic amines) is 1. The lowest BCUT2D eigenvalue weighted by Crippen LogP contribution is -2.57. The number of carbonyl (C=O) groups is 1. The Morgan fingerprint density at radius 3 is 2.27 bits per heavy atom. The number of ether oxygens (including phenoxy) is 2. The minimum Gasteiger partial charge on any atom is -0.480 e. The molecule has 0 N–H and O–H groups in total. The maximum Gasteiger partial charge on any atom is 0.495 e. The van der Waals surface area contributed by atoms with Gasteiger partial charge in [-0.05, 0) is 60.0 Å². The van der Waals surface area contributed by atoms with E-state index in [1.54, 1.807) is 32.9 Å². The lowest BCUT2D eigenvalue weighted by Gasteiger charge is -2.39. The van der Waals surface area contributed by atoms with Gasteiger partial charge in [0.25, 0.3) is 0 Å². The van der Waals surface area contributed by atoms with Crippen LogP contribution in [0.3, 0.4) is 0 Å². The van der Waals surface area contributed by atoms with Crippen LogP contribution >= 0.6 is 0 Å². The van der Waals surface area contributed by atoms with E-state index in [-0.39, 0.29) is 17.5 Å². The van der Waals surface area contributed by atoms with Gasteiger partial charge >= 0.3 is 18.9 Å². The van der Waals surface area contributed by atoms with Crippen molar-refractivity contribution in [2.75, 3.05) is 13.1 Å². The second kappa shape index (κ2) is 7.42. The number of nitro benzene ring substituents is 1. The smallest absolute Gasteiger partial charge is 0.480 e. The van der Waals surface area contributed by atoms with Gasteiger partial charge in [-0.25, -0.2) is 4.79 Å². The van der Waals surface area contributed by atoms with E-state index in [1.807, 2.05) is 27.7 Å². The molecule has 3 rings (SSSR count). The third kappa shape index (κ3) is 4.54. The Morgan fingerprint density at radius 1 is 1.20 bits per heavy atom. The Labute approximate surface area is 176 Å². The van der Waals surface area contributed by atoms with E-state index >= 15 is 0 Å². The molecule has 0 spiro atoms. The summed E-state index contributed by atoms with van der Waals surface area (Å²) in [6.45, 7) is 13.7. The van der Waals surface area contributed by atoms with E-state index in [0.717, 1.165) is 0 Å². The van der Waals surface area contributed by atoms with Gasteiger partial charge in [0, 0.05) is 6.07 Å². The minimum atomic E-state index is -0.700. The number of amides is 1. The van der Waals surface area contributed by atoms with Crippen molar-refractivity contribution in [3.63, 3.8) is 0 Å². The lowest BCUT2D eigenvalue weighted by molar-refractivity contribution is -0.386. The Hall–Kier alpha value is -2.33. The molecule has 10 heteroatoms. The molecule has 2 fully saturated rings. The SMILES string of the molecule is CC(C)(C)OC(=O)N1CC(Oc2ccc(B3OC(C)(C)C(C)(C)O3)cc2[N+](=O)[O-])C1. The van der Waals surface area contributed by atoms with Crippen LogP contribution in [0.2, 0.25) is 0 Å². The Morgan fingerprint density at radius 2 is 1.77 bits per heavy atom. The topological polar surface area (TPSA) is 100 Å². The highest BCUT2D eigenvalue weighted by Gasteiger charge is 2.52. The van der Waals surface area contributed by atoms with Crippen LogP contribution < -0.4 is 10.2 Å². The number of benzene rings is 1. The molecule has 1 aromatic rings. The fraction of sp³-hybridized carbons (Fsp3) is 0.650. The zero-order chi connectivity index (χ0) is 22.5. The molecular weight excluding hydrogens is 391 g/mol. The molecule has 0 radical (unpaired) electrons. The maximum atomic E-state index is 12.0. The van der Waals surface area contributed by atoms with Gasteiger partial charge in [0.05, 0.1) is 29.2 Å². The molecule has 164 valence electrons. The zero-order valence-corrected chi connectivity index (χ0v) is 18.6. The molecule has 1 amide bonds. The average Bonchev–Trinajstić information content (AvgIpc) is 2.76. The van der Waals surface area contributed by atoms with E-state index in [2.05, 4.69) is 0 Å². The summed E-state index contributed by atoms with van der Waals surface area (Å²) in [5.74, 6) is 0.147. The first kappa shape index (κ1) is 22.4. The first-order chi connectivity index (χ1) is 13.7. The molecule has 0 aromatic heterocycles. The molecule has 2 saturated heterocycles. The molecule has 30 heavy (non-hydrogen) atoms. The van der Waals surface area contributed by atoms with E-state index in [4.69, 9.17) is 18.8 Å². The van der Waals surface area contributed by atoms with Crippen LogP contribution in [0, 0.1) is 10.1 Å². The summed E-state index contributed by atoms with van der Waals surface area (Å²) in [7, 11) is -0.700. The summed E-state index contributed by atoms with van der Waals surface area (Å²) in [5.41, 5.74) is -1.28. The van der Waals surface area contributed by atoms with Gasteiger partial charge in [0.2, 0.25) is 0 Å². The summed E-state index contributed by atoms with van der Waals surface area (Å²) in [5, 5.41) is 11.6. The van der Waals surface area contributed by atoms with Crippen LogP contribution in [0.4, 0.5) is 10.5 Å². The summed E-state index contributed by atoms with van der Waals surface area (Å²) >= 11 is 0. The molecule has 1 aromatic carbocycles. The van der Waals surface area contributed by atoms with Crippen LogP contribution in [0.1, 0.15) is 48.5 Å². The molecule has 0 saturated carbocycles. The third-order valence-corrected chi connectivity index (χ3v) is 5.50. The maximum absolute atomic E-state index is 12.0. The van der Waals surface area contributed by atoms with Gasteiger partial charge in [-0.3, -0.25) is 10.1 Å². The van der Waals surface area contributed by atoms with Crippen molar-refractivity contribution in [2.24, 2.45) is 0 Å². The predicted molar refractivity (Wildman–Crippen MR) is 111 cm³/mol. The molecule has 2 aliphatic heterocycles. The first-order valence-corrected chi connectivity index (χ1v) is 9.97. The third-order valence-electron chi connectivity index (χ3n) is 5.50. The van der Waals surface area contributed by atoms with Crippen LogP contribution in [-0.4, -0.2) is 59.0 Å². The van der Waals surface area contributed by atoms with E-state index in [1.165, 1.54) is 11.0 Å². The van der Waals surface area contributed by atoms with Crippen LogP contribution in [-0.2, 0) is 14.0 Å². The number of nitrogens with zero attached hydrogens (tertiary/aromatic N) is 2. The molecule has 0 aliphatic carbocycles. The summed E-state index contributed by atoms with van der Waals surface area (Å²) in [4.78, 5) is 24.7. The van der Waals surface area contributed by atoms with Gasteiger partial charge in [0.1, 0.15) is 11.7 Å². The molecule has 9 nitrogen and oxygen atoms in total. The largest absolute Gasteiger partial charge is 0.495 e. The molecule has 0 atom stereocenters. The second-order valence-electron chi connectivity index (χ2n) is 9.70. The fourth-order valence-corrected chi connectivity index (χ4v) is 3.07. The minimum absolute atomic E-state index is 0.147. The fourth-order valence-electron chi connectivity index (χ4n) is 3.07. The van der Waals surface area contributed by atoms with E-state index in [9.17, 15) is 14.9 Å². The van der Waals surface area contributed by atoms with E-state index < -0.39 is 34.9 Å². The predicted octanol–water partition coefficient (Wildman–Crippen LogP) is 2.89. The van der Waals surface area contributed by atoms with E-state index in [0.29, 0.717) is 18.6 Å². The van der Waals surface area contributed by atoms with Crippen molar-refractivity contribution in [3.05, 3.63) is 28.3 Å². The van der Waals surface area contributed by atoms with Crippen molar-refractivity contribution < 1.29 is 28.5 Å². The van der Waals surface area contributed by atoms with Crippen molar-refractivity contribution in [2.45, 2.75) is 71.4 Å². The van der Waals surface area contributed by atoms with Crippen molar-refractivity contribution in [3.8, 4) is 5.75 Å². The highest BCUT2D eigenvalue weighted by molar-refractivity contribution is 6.62. The zero-order valence-electron chi connectivity index (χ0n) is 18.6. The summed E-state index contributed by atoms with van der Waals surface area (Å²) < 4.78 is 23.0.